The van der Waals surface area contributed by atoms with Gasteiger partial charge in [-0.1, -0.05) is 41.6 Å². The Bertz CT molecular complexity index is 833. The van der Waals surface area contributed by atoms with Gasteiger partial charge >= 0.3 is 0 Å². The highest BCUT2D eigenvalue weighted by Gasteiger charge is 2.13. The van der Waals surface area contributed by atoms with Crippen molar-refractivity contribution in [2.24, 2.45) is 0 Å². The Balaban J connectivity index is 1.56. The second-order valence-electron chi connectivity index (χ2n) is 6.20. The van der Waals surface area contributed by atoms with Gasteiger partial charge in [-0.2, -0.15) is 4.98 Å². The molecule has 0 amide bonds. The Kier molecular flexibility index (Phi) is 5.86. The summed E-state index contributed by atoms with van der Waals surface area (Å²) in [5.74, 6) is 2.78. The SMILES string of the molecule is COc1ccc(CC[NH+](C)Cc2nc(-c3ccccc3)no2)cc1OC. The van der Waals surface area contributed by atoms with E-state index in [4.69, 9.17) is 14.0 Å². The van der Waals surface area contributed by atoms with Gasteiger partial charge in [0.1, 0.15) is 0 Å². The maximum atomic E-state index is 5.39. The van der Waals surface area contributed by atoms with Crippen molar-refractivity contribution in [3.63, 3.8) is 0 Å². The van der Waals surface area contributed by atoms with E-state index in [-0.39, 0.29) is 0 Å². The number of likely N-dealkylation sites (N-methyl/N-ethyl adjacent to an activating group) is 1. The van der Waals surface area contributed by atoms with E-state index in [1.165, 1.54) is 10.5 Å². The van der Waals surface area contributed by atoms with Gasteiger partial charge in [0.25, 0.3) is 5.89 Å². The summed E-state index contributed by atoms with van der Waals surface area (Å²) < 4.78 is 16.0. The molecule has 1 atom stereocenters. The highest BCUT2D eigenvalue weighted by atomic mass is 16.5. The average Bonchev–Trinajstić information content (AvgIpc) is 3.15. The fourth-order valence-electron chi connectivity index (χ4n) is 2.77. The number of benzene rings is 2. The van der Waals surface area contributed by atoms with Crippen molar-refractivity contribution in [2.75, 3.05) is 27.8 Å². The summed E-state index contributed by atoms with van der Waals surface area (Å²) in [5, 5.41) is 4.07. The summed E-state index contributed by atoms with van der Waals surface area (Å²) in [6, 6.07) is 15.9. The van der Waals surface area contributed by atoms with Gasteiger partial charge in [-0.3, -0.25) is 0 Å². The van der Waals surface area contributed by atoms with Crippen molar-refractivity contribution in [1.29, 1.82) is 0 Å². The summed E-state index contributed by atoms with van der Waals surface area (Å²) in [6.45, 7) is 1.63. The Morgan fingerprint density at radius 1 is 1.00 bits per heavy atom. The Labute approximate surface area is 153 Å². The zero-order valence-electron chi connectivity index (χ0n) is 15.4. The van der Waals surface area contributed by atoms with Crippen LogP contribution in [0, 0.1) is 0 Å². The van der Waals surface area contributed by atoms with Gasteiger partial charge in [0.05, 0.1) is 27.8 Å². The van der Waals surface area contributed by atoms with Crippen molar-refractivity contribution in [1.82, 2.24) is 10.1 Å². The highest BCUT2D eigenvalue weighted by Crippen LogP contribution is 2.27. The van der Waals surface area contributed by atoms with Gasteiger partial charge in [-0.25, -0.2) is 0 Å². The minimum absolute atomic E-state index is 0.633. The number of nitrogens with one attached hydrogen (secondary N) is 1. The maximum absolute atomic E-state index is 5.39. The van der Waals surface area contributed by atoms with E-state index in [1.807, 2.05) is 42.5 Å². The molecule has 0 radical (unpaired) electrons. The molecule has 3 rings (SSSR count). The first-order valence-corrected chi connectivity index (χ1v) is 8.60. The third-order valence-electron chi connectivity index (χ3n) is 4.24. The number of rotatable bonds is 8. The molecule has 0 fully saturated rings. The molecule has 6 nitrogen and oxygen atoms in total. The second-order valence-corrected chi connectivity index (χ2v) is 6.20. The summed E-state index contributed by atoms with van der Waals surface area (Å²) >= 11 is 0. The standard InChI is InChI=1S/C20H23N3O3/c1-23(12-11-15-9-10-17(24-2)18(13-15)25-3)14-19-21-20(22-26-19)16-7-5-4-6-8-16/h4-10,13H,11-12,14H2,1-3H3/p+1. The van der Waals surface area contributed by atoms with E-state index in [1.54, 1.807) is 14.2 Å². The summed E-state index contributed by atoms with van der Waals surface area (Å²) in [4.78, 5) is 5.78. The van der Waals surface area contributed by atoms with Crippen LogP contribution in [0.2, 0.25) is 0 Å². The first kappa shape index (κ1) is 17.9. The molecule has 0 aliphatic heterocycles. The smallest absolute Gasteiger partial charge is 0.282 e. The van der Waals surface area contributed by atoms with Gasteiger partial charge < -0.3 is 18.9 Å². The van der Waals surface area contributed by atoms with Gasteiger partial charge in [-0.05, 0) is 17.7 Å². The first-order chi connectivity index (χ1) is 12.7. The maximum Gasteiger partial charge on any atom is 0.282 e. The van der Waals surface area contributed by atoms with Crippen LogP contribution >= 0.6 is 0 Å². The van der Waals surface area contributed by atoms with Crippen LogP contribution in [-0.4, -0.2) is 38.0 Å². The van der Waals surface area contributed by atoms with E-state index in [9.17, 15) is 0 Å². The lowest BCUT2D eigenvalue weighted by atomic mass is 10.1. The van der Waals surface area contributed by atoms with Gasteiger partial charge in [0, 0.05) is 12.0 Å². The van der Waals surface area contributed by atoms with E-state index < -0.39 is 0 Å². The molecule has 0 bridgehead atoms. The third-order valence-corrected chi connectivity index (χ3v) is 4.24. The quantitative estimate of drug-likeness (QED) is 0.670. The van der Waals surface area contributed by atoms with Gasteiger partial charge in [0.15, 0.2) is 18.0 Å². The third kappa shape index (κ3) is 4.40. The predicted octanol–water partition coefficient (Wildman–Crippen LogP) is 2.01. The summed E-state index contributed by atoms with van der Waals surface area (Å²) in [6.07, 6.45) is 0.922. The molecule has 1 N–H and O–H groups in total. The Morgan fingerprint density at radius 2 is 1.77 bits per heavy atom. The molecule has 136 valence electrons. The molecule has 0 saturated heterocycles. The molecular weight excluding hydrogens is 330 g/mol. The number of ether oxygens (including phenoxy) is 2. The minimum Gasteiger partial charge on any atom is -0.493 e. The molecule has 1 heterocycles. The Morgan fingerprint density at radius 3 is 2.50 bits per heavy atom. The highest BCUT2D eigenvalue weighted by molar-refractivity contribution is 5.53. The predicted molar refractivity (Wildman–Crippen MR) is 98.4 cm³/mol. The number of nitrogens with zero attached hydrogens (tertiary/aromatic N) is 2. The molecule has 0 aliphatic rings. The monoisotopic (exact) mass is 354 g/mol. The lowest BCUT2D eigenvalue weighted by molar-refractivity contribution is -0.894. The van der Waals surface area contributed by atoms with Gasteiger partial charge in [0.2, 0.25) is 5.82 Å². The fraction of sp³-hybridized carbons (Fsp3) is 0.300. The summed E-state index contributed by atoms with van der Waals surface area (Å²) in [7, 11) is 5.41. The van der Waals surface area contributed by atoms with Crippen LogP contribution in [0.3, 0.4) is 0 Å². The zero-order chi connectivity index (χ0) is 18.4. The molecule has 2 aromatic carbocycles. The van der Waals surface area contributed by atoms with Crippen LogP contribution in [0.4, 0.5) is 0 Å². The minimum atomic E-state index is 0.633. The van der Waals surface area contributed by atoms with E-state index in [0.29, 0.717) is 18.3 Å². The molecule has 0 saturated carbocycles. The van der Waals surface area contributed by atoms with Crippen LogP contribution in [0.25, 0.3) is 11.4 Å². The van der Waals surface area contributed by atoms with Crippen LogP contribution in [0.5, 0.6) is 11.5 Å². The van der Waals surface area contributed by atoms with Crippen molar-refractivity contribution in [3.8, 4) is 22.9 Å². The topological polar surface area (TPSA) is 61.8 Å². The molecule has 0 spiro atoms. The fourth-order valence-corrected chi connectivity index (χ4v) is 2.77. The molecule has 6 heteroatoms. The van der Waals surface area contributed by atoms with Crippen molar-refractivity contribution >= 4 is 0 Å². The number of hydrogen-bond acceptors (Lipinski definition) is 5. The van der Waals surface area contributed by atoms with Crippen LogP contribution in [0.15, 0.2) is 53.1 Å². The summed E-state index contributed by atoms with van der Waals surface area (Å²) in [5.41, 5.74) is 2.17. The molecule has 3 aromatic rings. The normalized spacial score (nSPS) is 12.0. The van der Waals surface area contributed by atoms with Crippen LogP contribution in [0.1, 0.15) is 11.5 Å². The lowest BCUT2D eigenvalue weighted by Crippen LogP contribution is -3.07. The zero-order valence-corrected chi connectivity index (χ0v) is 15.4. The van der Waals surface area contributed by atoms with Crippen LogP contribution < -0.4 is 14.4 Å². The number of hydrogen-bond donors (Lipinski definition) is 1. The average molecular weight is 354 g/mol. The molecule has 26 heavy (non-hydrogen) atoms. The molecule has 1 unspecified atom stereocenters. The van der Waals surface area contributed by atoms with E-state index in [0.717, 1.165) is 30.0 Å². The van der Waals surface area contributed by atoms with Gasteiger partial charge in [-0.15, -0.1) is 0 Å². The number of aromatic nitrogens is 2. The van der Waals surface area contributed by atoms with Crippen molar-refractivity contribution < 1.29 is 18.9 Å². The molecule has 1 aromatic heterocycles. The largest absolute Gasteiger partial charge is 0.493 e. The molecular formula is C20H24N3O3+. The van der Waals surface area contributed by atoms with Crippen molar-refractivity contribution in [2.45, 2.75) is 13.0 Å². The van der Waals surface area contributed by atoms with E-state index in [2.05, 4.69) is 23.3 Å². The molecule has 0 aliphatic carbocycles. The Hall–Kier alpha value is -2.86. The van der Waals surface area contributed by atoms with Crippen LogP contribution in [-0.2, 0) is 13.0 Å². The number of quaternary nitrogens is 1. The first-order valence-electron chi connectivity index (χ1n) is 8.60. The van der Waals surface area contributed by atoms with Crippen molar-refractivity contribution in [3.05, 3.63) is 60.0 Å². The van der Waals surface area contributed by atoms with E-state index >= 15 is 0 Å². The lowest BCUT2D eigenvalue weighted by Gasteiger charge is -2.13. The number of methoxy groups -OCH3 is 2. The second kappa shape index (κ2) is 8.49.